The topological polar surface area (TPSA) is 39.1 Å². The zero-order valence-corrected chi connectivity index (χ0v) is 18.1. The zero-order valence-electron chi connectivity index (χ0n) is 18.1. The molecule has 0 saturated carbocycles. The van der Waals surface area contributed by atoms with Gasteiger partial charge < -0.3 is 0 Å². The third kappa shape index (κ3) is 3.21. The first-order valence-corrected chi connectivity index (χ1v) is 10.8. The number of rotatable bonds is 4. The average Bonchev–Trinajstić information content (AvgIpc) is 3.00. The Hall–Kier alpha value is -3.46. The Morgan fingerprint density at radius 2 is 1.45 bits per heavy atom. The predicted octanol–water partition coefficient (Wildman–Crippen LogP) is 5.78. The fourth-order valence-electron chi connectivity index (χ4n) is 4.61. The van der Waals surface area contributed by atoms with E-state index in [4.69, 9.17) is 0 Å². The van der Waals surface area contributed by atoms with Crippen molar-refractivity contribution in [2.45, 2.75) is 39.7 Å². The van der Waals surface area contributed by atoms with Crippen LogP contribution in [-0.4, -0.2) is 4.57 Å². The third-order valence-corrected chi connectivity index (χ3v) is 6.38. The number of benzene rings is 1. The van der Waals surface area contributed by atoms with Crippen molar-refractivity contribution in [2.24, 2.45) is 0 Å². The van der Waals surface area contributed by atoms with E-state index in [9.17, 15) is 9.59 Å². The molecular weight excluding hydrogens is 382 g/mol. The van der Waals surface area contributed by atoms with Crippen molar-refractivity contribution in [3.63, 3.8) is 0 Å². The van der Waals surface area contributed by atoms with E-state index in [-0.39, 0.29) is 11.1 Å². The molecule has 0 saturated heterocycles. The van der Waals surface area contributed by atoms with E-state index in [0.29, 0.717) is 29.7 Å². The van der Waals surface area contributed by atoms with Crippen molar-refractivity contribution in [3.8, 4) is 0 Å². The molecule has 31 heavy (non-hydrogen) atoms. The van der Waals surface area contributed by atoms with Crippen LogP contribution in [0, 0.1) is 6.92 Å². The largest absolute Gasteiger partial charge is 0.274 e. The molecule has 0 aliphatic heterocycles. The molecule has 154 valence electrons. The molecule has 0 fully saturated rings. The van der Waals surface area contributed by atoms with E-state index in [2.05, 4.69) is 45.0 Å². The summed E-state index contributed by atoms with van der Waals surface area (Å²) in [4.78, 5) is 26.4. The highest BCUT2D eigenvalue weighted by Crippen LogP contribution is 2.33. The lowest BCUT2D eigenvalue weighted by molar-refractivity contribution is 0.665. The lowest BCUT2D eigenvalue weighted by atomic mass is 10.0. The Bertz CT molecular complexity index is 1550. The van der Waals surface area contributed by atoms with Crippen LogP contribution in [0.15, 0.2) is 76.3 Å². The van der Waals surface area contributed by atoms with E-state index < -0.39 is 0 Å². The van der Waals surface area contributed by atoms with Crippen LogP contribution in [0.25, 0.3) is 32.3 Å². The van der Waals surface area contributed by atoms with Gasteiger partial charge in [0.05, 0.1) is 10.8 Å². The van der Waals surface area contributed by atoms with Crippen LogP contribution in [0.5, 0.6) is 0 Å². The molecule has 0 radical (unpaired) electrons. The summed E-state index contributed by atoms with van der Waals surface area (Å²) in [5.74, 6) is 0.408. The third-order valence-electron chi connectivity index (χ3n) is 6.38. The van der Waals surface area contributed by atoms with Crippen LogP contribution < -0.4 is 11.1 Å². The monoisotopic (exact) mass is 407 g/mol. The Morgan fingerprint density at radius 1 is 0.774 bits per heavy atom. The number of hydrogen-bond acceptors (Lipinski definition) is 2. The van der Waals surface area contributed by atoms with Crippen molar-refractivity contribution in [3.05, 3.63) is 104 Å². The molecule has 0 amide bonds. The Labute approximate surface area is 180 Å². The summed E-state index contributed by atoms with van der Waals surface area (Å²) in [6.45, 7) is 6.87. The van der Waals surface area contributed by atoms with Crippen molar-refractivity contribution in [2.75, 3.05) is 0 Å². The molecule has 0 aliphatic carbocycles. The van der Waals surface area contributed by atoms with Crippen LogP contribution in [0.3, 0.4) is 0 Å². The van der Waals surface area contributed by atoms with Gasteiger partial charge in [0.15, 0.2) is 0 Å². The predicted molar refractivity (Wildman–Crippen MR) is 130 cm³/mol. The van der Waals surface area contributed by atoms with Gasteiger partial charge in [-0.3, -0.25) is 14.2 Å². The number of aromatic nitrogens is 1. The fourth-order valence-corrected chi connectivity index (χ4v) is 4.61. The van der Waals surface area contributed by atoms with Crippen molar-refractivity contribution >= 4 is 32.3 Å². The highest BCUT2D eigenvalue weighted by molar-refractivity contribution is 6.15. The van der Waals surface area contributed by atoms with Gasteiger partial charge in [0.25, 0.3) is 11.1 Å². The summed E-state index contributed by atoms with van der Waals surface area (Å²) in [5.41, 5.74) is 3.18. The first-order chi connectivity index (χ1) is 14.9. The Balaban J connectivity index is 1.77. The molecule has 0 spiro atoms. The Morgan fingerprint density at radius 3 is 2.13 bits per heavy atom. The highest BCUT2D eigenvalue weighted by atomic mass is 16.2. The van der Waals surface area contributed by atoms with Gasteiger partial charge in [0.1, 0.15) is 0 Å². The number of fused-ring (bicyclic) bond motifs is 1. The van der Waals surface area contributed by atoms with Gasteiger partial charge >= 0.3 is 0 Å². The van der Waals surface area contributed by atoms with E-state index in [0.717, 1.165) is 21.7 Å². The molecule has 4 aromatic carbocycles. The first kappa shape index (κ1) is 19.5. The van der Waals surface area contributed by atoms with Gasteiger partial charge in [-0.2, -0.15) is 0 Å². The van der Waals surface area contributed by atoms with Crippen LogP contribution >= 0.6 is 0 Å². The minimum absolute atomic E-state index is 0.195. The van der Waals surface area contributed by atoms with Gasteiger partial charge in [0.2, 0.25) is 0 Å². The summed E-state index contributed by atoms with van der Waals surface area (Å²) in [6, 6.07) is 22.4. The quantitative estimate of drug-likeness (QED) is 0.379. The van der Waals surface area contributed by atoms with Gasteiger partial charge in [-0.1, -0.05) is 68.4 Å². The minimum atomic E-state index is -0.196. The molecule has 0 N–H and O–H groups in total. The lowest BCUT2D eigenvalue weighted by Crippen LogP contribution is -2.26. The van der Waals surface area contributed by atoms with Crippen molar-refractivity contribution in [1.82, 2.24) is 4.57 Å². The molecule has 5 rings (SSSR count). The number of nitrogens with zero attached hydrogens (tertiary/aromatic N) is 1. The molecule has 1 aromatic heterocycles. The second kappa shape index (κ2) is 7.35. The van der Waals surface area contributed by atoms with E-state index in [1.54, 1.807) is 0 Å². The fraction of sp³-hybridized carbons (Fsp3) is 0.214. The van der Waals surface area contributed by atoms with E-state index >= 15 is 0 Å². The van der Waals surface area contributed by atoms with Crippen LogP contribution in [0.4, 0.5) is 0 Å². The molecule has 1 heterocycles. The lowest BCUT2D eigenvalue weighted by Gasteiger charge is -2.01. The highest BCUT2D eigenvalue weighted by Gasteiger charge is 2.16. The van der Waals surface area contributed by atoms with Gasteiger partial charge in [-0.25, -0.2) is 0 Å². The summed E-state index contributed by atoms with van der Waals surface area (Å²) >= 11 is 0. The normalized spacial score (nSPS) is 11.9. The molecule has 0 unspecified atom stereocenters. The first-order valence-electron chi connectivity index (χ1n) is 10.8. The van der Waals surface area contributed by atoms with Crippen LogP contribution in [0.2, 0.25) is 0 Å². The SMILES string of the molecule is Cc1cc2cc3c(=O)n(CCc4ccccc4)c(=O)c3cc3ccc(C(C)C)cc1c32. The number of hydrogen-bond donors (Lipinski definition) is 0. The molecule has 5 aromatic rings. The Kier molecular flexibility index (Phi) is 4.62. The molecule has 0 atom stereocenters. The second-order valence-electron chi connectivity index (χ2n) is 8.77. The minimum Gasteiger partial charge on any atom is -0.274 e. The van der Waals surface area contributed by atoms with Crippen LogP contribution in [-0.2, 0) is 13.0 Å². The summed E-state index contributed by atoms with van der Waals surface area (Å²) < 4.78 is 1.39. The van der Waals surface area contributed by atoms with E-state index in [1.807, 2.05) is 42.5 Å². The van der Waals surface area contributed by atoms with Gasteiger partial charge in [0, 0.05) is 6.54 Å². The zero-order chi connectivity index (χ0) is 21.7. The van der Waals surface area contributed by atoms with Crippen LogP contribution in [0.1, 0.15) is 36.5 Å². The van der Waals surface area contributed by atoms with Crippen molar-refractivity contribution < 1.29 is 0 Å². The van der Waals surface area contributed by atoms with Gasteiger partial charge in [-0.15, -0.1) is 0 Å². The molecule has 0 bridgehead atoms. The smallest absolute Gasteiger partial charge is 0.261 e. The molecule has 0 aliphatic rings. The maximum Gasteiger partial charge on any atom is 0.261 e. The van der Waals surface area contributed by atoms with Gasteiger partial charge in [-0.05, 0) is 69.6 Å². The summed E-state index contributed by atoms with van der Waals surface area (Å²) in [5, 5.41) is 5.33. The summed E-state index contributed by atoms with van der Waals surface area (Å²) in [7, 11) is 0. The summed E-state index contributed by atoms with van der Waals surface area (Å²) in [6.07, 6.45) is 0.655. The van der Waals surface area contributed by atoms with E-state index in [1.165, 1.54) is 21.1 Å². The molecule has 3 heteroatoms. The molecule has 3 nitrogen and oxygen atoms in total. The molecular formula is C28H25NO2. The maximum absolute atomic E-state index is 13.2. The maximum atomic E-state index is 13.2. The average molecular weight is 408 g/mol. The van der Waals surface area contributed by atoms with Crippen molar-refractivity contribution in [1.29, 1.82) is 0 Å². The standard InChI is InChI=1S/C28H25NO2/c1-17(2)20-9-10-21-15-24-25(16-22-13-18(3)23(14-20)26(21)22)28(31)29(27(24)30)12-11-19-7-5-4-6-8-19/h4-10,13-17H,11-12H2,1-3H3. The second-order valence-corrected chi connectivity index (χ2v) is 8.77. The number of aryl methyl sites for hydroxylation is 2.